The lowest BCUT2D eigenvalue weighted by Gasteiger charge is -2.34. The highest BCUT2D eigenvalue weighted by Crippen LogP contribution is 2.35. The topological polar surface area (TPSA) is 38.8 Å². The molecule has 0 radical (unpaired) electrons. The molecule has 1 aromatic carbocycles. The van der Waals surface area contributed by atoms with E-state index in [1.165, 1.54) is 10.4 Å². The molecule has 1 unspecified atom stereocenters. The highest BCUT2D eigenvalue weighted by atomic mass is 32.1. The van der Waals surface area contributed by atoms with Crippen LogP contribution in [0.5, 0.6) is 11.5 Å². The maximum absolute atomic E-state index is 12.8. The minimum absolute atomic E-state index is 0.0467. The van der Waals surface area contributed by atoms with Gasteiger partial charge in [-0.15, -0.1) is 11.3 Å². The van der Waals surface area contributed by atoms with Crippen LogP contribution >= 0.6 is 11.3 Å². The second kappa shape index (κ2) is 7.74. The monoisotopic (exact) mass is 357 g/mol. The summed E-state index contributed by atoms with van der Waals surface area (Å²) in [7, 11) is 3.23. The number of hydrogen-bond acceptors (Lipinski definition) is 4. The Balaban J connectivity index is 1.79. The molecule has 0 N–H and O–H groups in total. The van der Waals surface area contributed by atoms with Gasteiger partial charge in [-0.1, -0.05) is 6.92 Å². The van der Waals surface area contributed by atoms with Crippen LogP contribution in [0, 0.1) is 0 Å². The van der Waals surface area contributed by atoms with E-state index < -0.39 is 0 Å². The minimum Gasteiger partial charge on any atom is -0.497 e. The van der Waals surface area contributed by atoms with E-state index in [0.29, 0.717) is 11.5 Å². The molecule has 0 saturated heterocycles. The lowest BCUT2D eigenvalue weighted by molar-refractivity contribution is -0.128. The fourth-order valence-electron chi connectivity index (χ4n) is 3.29. The second-order valence-corrected chi connectivity index (χ2v) is 6.98. The molecule has 0 fully saturated rings. The number of nitrogens with zero attached hydrogens (tertiary/aromatic N) is 1. The Morgan fingerprint density at radius 3 is 2.64 bits per heavy atom. The van der Waals surface area contributed by atoms with E-state index in [4.69, 9.17) is 9.47 Å². The molecule has 132 valence electrons. The number of carbonyl (C=O) groups is 1. The van der Waals surface area contributed by atoms with Gasteiger partial charge in [-0.3, -0.25) is 4.79 Å². The molecule has 0 spiro atoms. The summed E-state index contributed by atoms with van der Waals surface area (Å²) in [6, 6.07) is 7.92. The van der Waals surface area contributed by atoms with Gasteiger partial charge in [0.05, 0.1) is 20.3 Å². The van der Waals surface area contributed by atoms with Gasteiger partial charge in [0.25, 0.3) is 0 Å². The van der Waals surface area contributed by atoms with Crippen molar-refractivity contribution in [2.45, 2.75) is 25.8 Å². The molecule has 1 aliphatic rings. The summed E-state index contributed by atoms with van der Waals surface area (Å²) in [6.07, 6.45) is 5.34. The van der Waals surface area contributed by atoms with Crippen molar-refractivity contribution in [2.75, 3.05) is 20.8 Å². The number of thiophene rings is 1. The van der Waals surface area contributed by atoms with Gasteiger partial charge in [-0.2, -0.15) is 0 Å². The molecule has 1 aliphatic heterocycles. The molecule has 1 amide bonds. The first kappa shape index (κ1) is 17.5. The third-order valence-corrected chi connectivity index (χ3v) is 5.55. The van der Waals surface area contributed by atoms with Crippen LogP contribution in [-0.4, -0.2) is 31.6 Å². The van der Waals surface area contributed by atoms with Crippen LogP contribution in [0.15, 0.2) is 35.7 Å². The van der Waals surface area contributed by atoms with E-state index in [2.05, 4.69) is 18.4 Å². The molecule has 25 heavy (non-hydrogen) atoms. The fraction of sp³-hybridized carbons (Fsp3) is 0.350. The number of ether oxygens (including phenoxy) is 2. The number of fused-ring (bicyclic) bond motifs is 1. The van der Waals surface area contributed by atoms with Gasteiger partial charge >= 0.3 is 0 Å². The molecule has 2 heterocycles. The van der Waals surface area contributed by atoms with Crippen LogP contribution in [-0.2, 0) is 11.2 Å². The third-order valence-electron chi connectivity index (χ3n) is 4.56. The predicted octanol–water partition coefficient (Wildman–Crippen LogP) is 4.31. The summed E-state index contributed by atoms with van der Waals surface area (Å²) >= 11 is 1.79. The van der Waals surface area contributed by atoms with Crippen molar-refractivity contribution in [2.24, 2.45) is 0 Å². The quantitative estimate of drug-likeness (QED) is 0.748. The maximum Gasteiger partial charge on any atom is 0.247 e. The van der Waals surface area contributed by atoms with Crippen molar-refractivity contribution in [3.8, 4) is 11.5 Å². The summed E-state index contributed by atoms with van der Waals surface area (Å²) < 4.78 is 10.6. The van der Waals surface area contributed by atoms with Gasteiger partial charge < -0.3 is 14.4 Å². The van der Waals surface area contributed by atoms with Gasteiger partial charge in [0.2, 0.25) is 5.91 Å². The van der Waals surface area contributed by atoms with Crippen molar-refractivity contribution in [3.05, 3.63) is 51.7 Å². The summed E-state index contributed by atoms with van der Waals surface area (Å²) in [4.78, 5) is 16.2. The Hall–Kier alpha value is -2.27. The summed E-state index contributed by atoms with van der Waals surface area (Å²) in [5, 5.41) is 2.12. The fourth-order valence-corrected chi connectivity index (χ4v) is 4.22. The zero-order valence-electron chi connectivity index (χ0n) is 14.8. The first-order valence-corrected chi connectivity index (χ1v) is 9.32. The van der Waals surface area contributed by atoms with Crippen LogP contribution in [0.3, 0.4) is 0 Å². The molecular weight excluding hydrogens is 334 g/mol. The smallest absolute Gasteiger partial charge is 0.247 e. The van der Waals surface area contributed by atoms with Crippen LogP contribution in [0.4, 0.5) is 0 Å². The van der Waals surface area contributed by atoms with Gasteiger partial charge in [0, 0.05) is 23.6 Å². The van der Waals surface area contributed by atoms with Gasteiger partial charge in [-0.05, 0) is 53.6 Å². The number of hydrogen-bond donors (Lipinski definition) is 0. The molecular formula is C20H23NO3S. The lowest BCUT2D eigenvalue weighted by Crippen LogP contribution is -2.38. The normalized spacial score (nSPS) is 16.8. The number of amides is 1. The van der Waals surface area contributed by atoms with E-state index >= 15 is 0 Å². The van der Waals surface area contributed by atoms with Crippen LogP contribution in [0.25, 0.3) is 6.08 Å². The van der Waals surface area contributed by atoms with Crippen molar-refractivity contribution in [1.29, 1.82) is 0 Å². The van der Waals surface area contributed by atoms with Crippen molar-refractivity contribution < 1.29 is 14.3 Å². The molecule has 5 heteroatoms. The van der Waals surface area contributed by atoms with Gasteiger partial charge in [-0.25, -0.2) is 0 Å². The Bertz CT molecular complexity index is 759. The zero-order chi connectivity index (χ0) is 17.8. The Labute approximate surface area is 152 Å². The molecule has 0 saturated carbocycles. The first-order valence-electron chi connectivity index (χ1n) is 8.44. The van der Waals surface area contributed by atoms with E-state index in [0.717, 1.165) is 24.9 Å². The highest BCUT2D eigenvalue weighted by Gasteiger charge is 2.29. The van der Waals surface area contributed by atoms with Crippen LogP contribution in [0.2, 0.25) is 0 Å². The van der Waals surface area contributed by atoms with Crippen LogP contribution in [0.1, 0.15) is 35.4 Å². The van der Waals surface area contributed by atoms with E-state index in [-0.39, 0.29) is 11.9 Å². The van der Waals surface area contributed by atoms with Crippen molar-refractivity contribution in [1.82, 2.24) is 4.90 Å². The van der Waals surface area contributed by atoms with Crippen LogP contribution < -0.4 is 9.47 Å². The average Bonchev–Trinajstić information content (AvgIpc) is 3.13. The van der Waals surface area contributed by atoms with E-state index in [1.54, 1.807) is 31.6 Å². The molecule has 1 aromatic heterocycles. The Morgan fingerprint density at radius 1 is 1.28 bits per heavy atom. The second-order valence-electron chi connectivity index (χ2n) is 5.98. The first-order chi connectivity index (χ1) is 12.2. The SMILES string of the molecule is CCC1c2ccsc2CCN1C(=O)/C=C/c1cc(OC)cc(OC)c1. The standard InChI is InChI=1S/C20H23NO3S/c1-4-18-17-8-10-25-19(17)7-9-21(18)20(22)6-5-14-11-15(23-2)13-16(12-14)24-3/h5-6,8,10-13,18H,4,7,9H2,1-3H3/b6-5+. The van der Waals surface area contributed by atoms with E-state index in [9.17, 15) is 4.79 Å². The molecule has 3 rings (SSSR count). The highest BCUT2D eigenvalue weighted by molar-refractivity contribution is 7.10. The maximum atomic E-state index is 12.8. The molecule has 1 atom stereocenters. The Morgan fingerprint density at radius 2 is 2.00 bits per heavy atom. The third kappa shape index (κ3) is 3.71. The summed E-state index contributed by atoms with van der Waals surface area (Å²) in [6.45, 7) is 2.91. The van der Waals surface area contributed by atoms with E-state index in [1.807, 2.05) is 29.2 Å². The zero-order valence-corrected chi connectivity index (χ0v) is 15.6. The minimum atomic E-state index is 0.0467. The van der Waals surface area contributed by atoms with Crippen molar-refractivity contribution >= 4 is 23.3 Å². The lowest BCUT2D eigenvalue weighted by atomic mass is 9.97. The Kier molecular flexibility index (Phi) is 5.43. The summed E-state index contributed by atoms with van der Waals surface area (Å²) in [5.74, 6) is 1.46. The molecule has 0 bridgehead atoms. The summed E-state index contributed by atoms with van der Waals surface area (Å²) in [5.41, 5.74) is 2.19. The van der Waals surface area contributed by atoms with Gasteiger partial charge in [0.15, 0.2) is 0 Å². The molecule has 4 nitrogen and oxygen atoms in total. The predicted molar refractivity (Wildman–Crippen MR) is 101 cm³/mol. The molecule has 0 aliphatic carbocycles. The number of carbonyl (C=O) groups excluding carboxylic acids is 1. The number of rotatable bonds is 5. The average molecular weight is 357 g/mol. The van der Waals surface area contributed by atoms with Gasteiger partial charge in [0.1, 0.15) is 11.5 Å². The van der Waals surface area contributed by atoms with Crippen molar-refractivity contribution in [3.63, 3.8) is 0 Å². The number of benzene rings is 1. The largest absolute Gasteiger partial charge is 0.497 e. The number of methoxy groups -OCH3 is 2. The molecule has 2 aromatic rings.